The number of nitrogens with zero attached hydrogens (tertiary/aromatic N) is 1. The van der Waals surface area contributed by atoms with Crippen LogP contribution < -0.4 is 0 Å². The average molecular weight is 376 g/mol. The second kappa shape index (κ2) is 8.16. The van der Waals surface area contributed by atoms with Crippen LogP contribution in [-0.2, 0) is 11.3 Å². The van der Waals surface area contributed by atoms with Crippen molar-refractivity contribution in [3.05, 3.63) is 47.5 Å². The van der Waals surface area contributed by atoms with Gasteiger partial charge in [0.25, 0.3) is 5.91 Å². The normalized spacial score (nSPS) is 22.3. The number of hydrogen-bond donors (Lipinski definition) is 1. The molecule has 2 atom stereocenters. The van der Waals surface area contributed by atoms with E-state index in [1.54, 1.807) is 6.08 Å². The summed E-state index contributed by atoms with van der Waals surface area (Å²) >= 11 is 3.25. The molecule has 5 heteroatoms. The Bertz CT molecular complexity index is 561. The maximum Gasteiger partial charge on any atom is 0.252 e. The number of halogens is 1. The van der Waals surface area contributed by atoms with Crippen molar-refractivity contribution in [3.63, 3.8) is 0 Å². The van der Waals surface area contributed by atoms with Crippen LogP contribution in [-0.4, -0.2) is 34.2 Å². The first-order chi connectivity index (χ1) is 11.0. The Morgan fingerprint density at radius 3 is 2.57 bits per heavy atom. The molecule has 1 N–H and O–H groups in total. The lowest BCUT2D eigenvalue weighted by Gasteiger charge is -2.36. The summed E-state index contributed by atoms with van der Waals surface area (Å²) in [6, 6.07) is 9.64. The third kappa shape index (κ3) is 4.27. The summed E-state index contributed by atoms with van der Waals surface area (Å²) in [6.45, 7) is 2.49. The third-order valence-electron chi connectivity index (χ3n) is 4.23. The van der Waals surface area contributed by atoms with Crippen LogP contribution in [0.1, 0.15) is 44.6 Å². The van der Waals surface area contributed by atoms with Crippen LogP contribution >= 0.6 is 15.9 Å². The zero-order valence-electron chi connectivity index (χ0n) is 13.5. The first-order valence-corrected chi connectivity index (χ1v) is 9.10. The third-order valence-corrected chi connectivity index (χ3v) is 4.90. The number of hydrogen-bond acceptors (Lipinski definition) is 2. The van der Waals surface area contributed by atoms with Gasteiger partial charge in [0.15, 0.2) is 5.72 Å². The summed E-state index contributed by atoms with van der Waals surface area (Å²) in [5.74, 6) is -0.122. The van der Waals surface area contributed by atoms with Gasteiger partial charge in [0, 0.05) is 16.8 Å². The molecule has 1 aromatic rings. The number of alkyl halides is 1. The van der Waals surface area contributed by atoms with E-state index in [1.165, 1.54) is 4.90 Å². The number of carbonyl (C=O) groups is 1. The molecule has 0 saturated carbocycles. The van der Waals surface area contributed by atoms with Crippen molar-refractivity contribution >= 4 is 29.7 Å². The molecule has 0 aromatic heterocycles. The molecule has 1 aromatic carbocycles. The molecule has 23 heavy (non-hydrogen) atoms. The Labute approximate surface area is 148 Å². The number of aliphatic hydroxyl groups is 1. The van der Waals surface area contributed by atoms with Crippen molar-refractivity contribution < 1.29 is 9.90 Å². The van der Waals surface area contributed by atoms with Gasteiger partial charge in [-0.1, -0.05) is 72.4 Å². The monoisotopic (exact) mass is 375 g/mol. The predicted molar refractivity (Wildman–Crippen MR) is 97.3 cm³/mol. The largest absolute Gasteiger partial charge is 0.367 e. The molecule has 0 saturated heterocycles. The number of amides is 1. The molecule has 0 fully saturated rings. The highest BCUT2D eigenvalue weighted by atomic mass is 79.9. The smallest absolute Gasteiger partial charge is 0.252 e. The predicted octanol–water partition coefficient (Wildman–Crippen LogP) is 3.50. The Hall–Kier alpha value is -1.07. The SMILES string of the molecule is [B]C(Br)C1(O)C=C(CCCCCC)C(=O)N1Cc1ccccc1. The number of rotatable bonds is 8. The molecular formula is C18H23BBrNO2. The van der Waals surface area contributed by atoms with Gasteiger partial charge >= 0.3 is 0 Å². The van der Waals surface area contributed by atoms with Gasteiger partial charge in [0.2, 0.25) is 0 Å². The van der Waals surface area contributed by atoms with Gasteiger partial charge in [-0.05, 0) is 24.5 Å². The summed E-state index contributed by atoms with van der Waals surface area (Å²) in [5, 5.41) is 10.9. The van der Waals surface area contributed by atoms with E-state index in [0.717, 1.165) is 31.2 Å². The zero-order chi connectivity index (χ0) is 16.9. The van der Waals surface area contributed by atoms with Gasteiger partial charge in [-0.2, -0.15) is 0 Å². The molecule has 1 heterocycles. The van der Waals surface area contributed by atoms with Crippen LogP contribution in [0.15, 0.2) is 42.0 Å². The fourth-order valence-electron chi connectivity index (χ4n) is 2.85. The second-order valence-electron chi connectivity index (χ2n) is 6.04. The summed E-state index contributed by atoms with van der Waals surface area (Å²) in [4.78, 5) is 14.2. The zero-order valence-corrected chi connectivity index (χ0v) is 15.1. The molecule has 1 amide bonds. The van der Waals surface area contributed by atoms with E-state index in [0.29, 0.717) is 18.5 Å². The van der Waals surface area contributed by atoms with E-state index >= 15 is 0 Å². The first kappa shape index (κ1) is 18.3. The minimum atomic E-state index is -1.48. The minimum Gasteiger partial charge on any atom is -0.367 e. The van der Waals surface area contributed by atoms with Crippen LogP contribution in [0.25, 0.3) is 0 Å². The fraction of sp³-hybridized carbons (Fsp3) is 0.500. The standard InChI is InChI=1S/C18H23BBrNO2/c1-2-3-4-8-11-15-12-18(23,17(19)20)21(16(15)22)13-14-9-6-5-7-10-14/h5-7,9-10,12,17,23H,2-4,8,11,13H2,1H3. The van der Waals surface area contributed by atoms with Gasteiger partial charge in [0.1, 0.15) is 0 Å². The Balaban J connectivity index is 2.13. The van der Waals surface area contributed by atoms with Crippen LogP contribution in [0.2, 0.25) is 0 Å². The van der Waals surface area contributed by atoms with E-state index in [-0.39, 0.29) is 5.91 Å². The van der Waals surface area contributed by atoms with Crippen molar-refractivity contribution in [2.24, 2.45) is 0 Å². The van der Waals surface area contributed by atoms with Crippen molar-refractivity contribution in [2.75, 3.05) is 0 Å². The molecule has 0 spiro atoms. The Morgan fingerprint density at radius 2 is 1.96 bits per heavy atom. The van der Waals surface area contributed by atoms with E-state index in [4.69, 9.17) is 7.85 Å². The topological polar surface area (TPSA) is 40.5 Å². The molecule has 2 unspecified atom stereocenters. The molecule has 0 bridgehead atoms. The molecule has 1 aliphatic heterocycles. The molecule has 0 aliphatic carbocycles. The van der Waals surface area contributed by atoms with Crippen molar-refractivity contribution in [1.29, 1.82) is 0 Å². The van der Waals surface area contributed by atoms with Gasteiger partial charge in [0.05, 0.1) is 7.85 Å². The average Bonchev–Trinajstić information content (AvgIpc) is 2.78. The molecule has 122 valence electrons. The molecule has 1 aliphatic rings. The maximum absolute atomic E-state index is 12.7. The van der Waals surface area contributed by atoms with Crippen LogP contribution in [0.3, 0.4) is 0 Å². The lowest BCUT2D eigenvalue weighted by atomic mass is 9.92. The molecule has 2 rings (SSSR count). The molecule has 3 nitrogen and oxygen atoms in total. The van der Waals surface area contributed by atoms with E-state index in [2.05, 4.69) is 22.9 Å². The highest BCUT2D eigenvalue weighted by Crippen LogP contribution is 2.35. The first-order valence-electron chi connectivity index (χ1n) is 8.18. The Kier molecular flexibility index (Phi) is 6.48. The van der Waals surface area contributed by atoms with Crippen LogP contribution in [0.4, 0.5) is 0 Å². The van der Waals surface area contributed by atoms with Crippen molar-refractivity contribution in [1.82, 2.24) is 4.90 Å². The summed E-state index contributed by atoms with van der Waals surface area (Å²) < 4.78 is -0.726. The summed E-state index contributed by atoms with van der Waals surface area (Å²) in [7, 11) is 5.91. The van der Waals surface area contributed by atoms with Gasteiger partial charge < -0.3 is 10.0 Å². The highest BCUT2D eigenvalue weighted by molar-refractivity contribution is 9.10. The molecule has 2 radical (unpaired) electrons. The van der Waals surface area contributed by atoms with Gasteiger partial charge in [-0.25, -0.2) is 0 Å². The fourth-order valence-corrected chi connectivity index (χ4v) is 3.23. The maximum atomic E-state index is 12.7. The highest BCUT2D eigenvalue weighted by Gasteiger charge is 2.45. The summed E-state index contributed by atoms with van der Waals surface area (Å²) in [5.41, 5.74) is 0.148. The van der Waals surface area contributed by atoms with Crippen molar-refractivity contribution in [3.8, 4) is 0 Å². The number of unbranched alkanes of at least 4 members (excludes halogenated alkanes) is 3. The van der Waals surface area contributed by atoms with Gasteiger partial charge in [-0.3, -0.25) is 4.79 Å². The van der Waals surface area contributed by atoms with Gasteiger partial charge in [-0.15, -0.1) is 0 Å². The van der Waals surface area contributed by atoms with Crippen LogP contribution in [0.5, 0.6) is 0 Å². The van der Waals surface area contributed by atoms with E-state index < -0.39 is 10.5 Å². The van der Waals surface area contributed by atoms with E-state index in [9.17, 15) is 9.90 Å². The Morgan fingerprint density at radius 1 is 1.26 bits per heavy atom. The lowest BCUT2D eigenvalue weighted by Crippen LogP contribution is -2.52. The van der Waals surface area contributed by atoms with E-state index in [1.807, 2.05) is 30.3 Å². The quantitative estimate of drug-likeness (QED) is 0.429. The molecular weight excluding hydrogens is 353 g/mol. The summed E-state index contributed by atoms with van der Waals surface area (Å²) in [6.07, 6.45) is 6.69. The second-order valence-corrected chi connectivity index (χ2v) is 7.03. The number of benzene rings is 1. The minimum absolute atomic E-state index is 0.122. The van der Waals surface area contributed by atoms with Crippen LogP contribution in [0, 0.1) is 0 Å². The number of carbonyl (C=O) groups excluding carboxylic acids is 1. The van der Waals surface area contributed by atoms with Crippen molar-refractivity contribution in [2.45, 2.75) is 56.0 Å². The lowest BCUT2D eigenvalue weighted by molar-refractivity contribution is -0.141.